The van der Waals surface area contributed by atoms with Crippen LogP contribution in [0, 0.1) is 0 Å². The van der Waals surface area contributed by atoms with Gasteiger partial charge in [-0.15, -0.1) is 0 Å². The molecule has 0 radical (unpaired) electrons. The largest absolute Gasteiger partial charge is 1.00 e. The van der Waals surface area contributed by atoms with E-state index in [-0.39, 0.29) is 57.5 Å². The third kappa shape index (κ3) is 20.0. The van der Waals surface area contributed by atoms with E-state index in [0.717, 1.165) is 6.08 Å². The van der Waals surface area contributed by atoms with E-state index in [1.165, 1.54) is 0 Å². The van der Waals surface area contributed by atoms with Crippen LogP contribution in [-0.4, -0.2) is 11.1 Å². The van der Waals surface area contributed by atoms with Crippen molar-refractivity contribution in [2.45, 2.75) is 0 Å². The van der Waals surface area contributed by atoms with Crippen molar-refractivity contribution in [3.63, 3.8) is 0 Å². The molecule has 0 aromatic heterocycles. The number of carbonyl (C=O) groups is 1. The molecule has 3 nitrogen and oxygen atoms in total. The molecule has 36 valence electrons. The Hall–Kier alpha value is 0.806. The molecular formula is C3H6KNO2. The van der Waals surface area contributed by atoms with Gasteiger partial charge >= 0.3 is 57.4 Å². The number of nitrogens with two attached hydrogens (primary N) is 1. The van der Waals surface area contributed by atoms with Gasteiger partial charge in [-0.3, -0.25) is 0 Å². The molecule has 0 atom stereocenters. The Morgan fingerprint density at radius 1 is 1.71 bits per heavy atom. The number of carboxylic acids is 1. The van der Waals surface area contributed by atoms with Crippen molar-refractivity contribution in [3.05, 3.63) is 18.8 Å². The Morgan fingerprint density at radius 3 is 1.86 bits per heavy atom. The average Bonchev–Trinajstić information content (AvgIpc) is 1.38. The second-order valence-electron chi connectivity index (χ2n) is 0.542. The van der Waals surface area contributed by atoms with Gasteiger partial charge in [0.1, 0.15) is 0 Å². The van der Waals surface area contributed by atoms with Crippen LogP contribution in [0.15, 0.2) is 12.7 Å². The molecular weight excluding hydrogens is 121 g/mol. The predicted octanol–water partition coefficient (Wildman–Crippen LogP) is -2.02. The molecule has 7 heavy (non-hydrogen) atoms. The van der Waals surface area contributed by atoms with Crippen LogP contribution < -0.4 is 51.4 Å². The zero-order valence-corrected chi connectivity index (χ0v) is 7.34. The maximum Gasteiger partial charge on any atom is 1.00 e. The molecule has 3 N–H and O–H groups in total. The molecule has 0 saturated heterocycles. The van der Waals surface area contributed by atoms with Gasteiger partial charge in [0, 0.05) is 6.08 Å². The summed E-state index contributed by atoms with van der Waals surface area (Å²) < 4.78 is 0. The third-order valence-corrected chi connectivity index (χ3v) is 0.175. The smallest absolute Gasteiger partial charge is 0.693 e. The van der Waals surface area contributed by atoms with Crippen LogP contribution in [0.1, 0.15) is 0 Å². The summed E-state index contributed by atoms with van der Waals surface area (Å²) >= 11 is 0. The maximum absolute atomic E-state index is 9.25. The molecule has 0 fully saturated rings. The van der Waals surface area contributed by atoms with E-state index in [1.807, 2.05) is 0 Å². The molecule has 4 heteroatoms. The summed E-state index contributed by atoms with van der Waals surface area (Å²) in [5.74, 6) is -0.981. The molecule has 0 saturated carbocycles. The maximum atomic E-state index is 9.25. The quantitative estimate of drug-likeness (QED) is 0.326. The van der Waals surface area contributed by atoms with E-state index in [1.54, 1.807) is 0 Å². The van der Waals surface area contributed by atoms with Gasteiger partial charge < -0.3 is 11.3 Å². The minimum Gasteiger partial charge on any atom is -0.693 e. The minimum absolute atomic E-state index is 0. The SMILES string of the molecule is C=CC(=O)O.[K+].[NH2-]. The Bertz CT molecular complexity index is 64.0. The average molecular weight is 127 g/mol. The van der Waals surface area contributed by atoms with Gasteiger partial charge in [0.05, 0.1) is 0 Å². The van der Waals surface area contributed by atoms with Gasteiger partial charge in [-0.25, -0.2) is 4.79 Å². The van der Waals surface area contributed by atoms with E-state index < -0.39 is 5.97 Å². The molecule has 0 aromatic carbocycles. The Morgan fingerprint density at radius 2 is 1.86 bits per heavy atom. The Kier molecular flexibility index (Phi) is 22.2. The van der Waals surface area contributed by atoms with Gasteiger partial charge in [-0.05, 0) is 0 Å². The summed E-state index contributed by atoms with van der Waals surface area (Å²) in [6.45, 7) is 2.96. The van der Waals surface area contributed by atoms with Crippen molar-refractivity contribution in [1.82, 2.24) is 0 Å². The summed E-state index contributed by atoms with van der Waals surface area (Å²) in [6.07, 6.45) is 0.833. The monoisotopic (exact) mass is 127 g/mol. The second-order valence-corrected chi connectivity index (χ2v) is 0.542. The van der Waals surface area contributed by atoms with Gasteiger partial charge in [0.15, 0.2) is 0 Å². The molecule has 0 aromatic rings. The second kappa shape index (κ2) is 9.93. The molecule has 0 aliphatic rings. The van der Waals surface area contributed by atoms with Crippen LogP contribution in [0.4, 0.5) is 0 Å². The zero-order chi connectivity index (χ0) is 4.28. The molecule has 0 spiro atoms. The van der Waals surface area contributed by atoms with Crippen molar-refractivity contribution < 1.29 is 61.3 Å². The van der Waals surface area contributed by atoms with Crippen molar-refractivity contribution in [3.8, 4) is 0 Å². The Labute approximate surface area is 84.8 Å². The van der Waals surface area contributed by atoms with Crippen LogP contribution in [0.3, 0.4) is 0 Å². The van der Waals surface area contributed by atoms with Gasteiger partial charge in [0.2, 0.25) is 0 Å². The first-order valence-electron chi connectivity index (χ1n) is 1.12. The van der Waals surface area contributed by atoms with Crippen molar-refractivity contribution >= 4 is 5.97 Å². The van der Waals surface area contributed by atoms with Crippen LogP contribution in [-0.2, 0) is 4.79 Å². The first kappa shape index (κ1) is 15.7. The van der Waals surface area contributed by atoms with Crippen LogP contribution in [0.25, 0.3) is 6.15 Å². The number of rotatable bonds is 1. The van der Waals surface area contributed by atoms with Crippen LogP contribution in [0.5, 0.6) is 0 Å². The standard InChI is InChI=1S/C3H4O2.K.H2N/c1-2-3(4)5;;/h2H,1H2,(H,4,5);;1H2/q;+1;-1. The molecule has 0 unspecified atom stereocenters. The topological polar surface area (TPSA) is 70.8 Å². The van der Waals surface area contributed by atoms with Crippen molar-refractivity contribution in [1.29, 1.82) is 0 Å². The predicted molar refractivity (Wildman–Crippen MR) is 23.1 cm³/mol. The zero-order valence-electron chi connectivity index (χ0n) is 4.22. The summed E-state index contributed by atoms with van der Waals surface area (Å²) in [7, 11) is 0. The van der Waals surface area contributed by atoms with E-state index in [4.69, 9.17) is 5.11 Å². The normalized spacial score (nSPS) is 4.57. The number of hydrogen-bond donors (Lipinski definition) is 1. The van der Waals surface area contributed by atoms with Crippen LogP contribution in [0.2, 0.25) is 0 Å². The van der Waals surface area contributed by atoms with Gasteiger partial charge in [-0.1, -0.05) is 6.58 Å². The fraction of sp³-hybridized carbons (Fsp3) is 0. The molecule has 0 heterocycles. The van der Waals surface area contributed by atoms with E-state index in [0.29, 0.717) is 0 Å². The Balaban J connectivity index is -0.0000000800. The number of carboxylic acid groups (broad SMARTS) is 1. The summed E-state index contributed by atoms with van der Waals surface area (Å²) in [5.41, 5.74) is 0. The fourth-order valence-electron chi connectivity index (χ4n) is 0. The minimum atomic E-state index is -0.981. The first-order valence-corrected chi connectivity index (χ1v) is 1.12. The summed E-state index contributed by atoms with van der Waals surface area (Å²) in [4.78, 5) is 9.25. The molecule has 0 amide bonds. The summed E-state index contributed by atoms with van der Waals surface area (Å²) in [6, 6.07) is 0. The summed E-state index contributed by atoms with van der Waals surface area (Å²) in [5, 5.41) is 7.60. The third-order valence-electron chi connectivity index (χ3n) is 0.175. The van der Waals surface area contributed by atoms with Crippen molar-refractivity contribution in [2.75, 3.05) is 0 Å². The molecule has 0 bridgehead atoms. The molecule has 0 rings (SSSR count). The number of hydrogen-bond acceptors (Lipinski definition) is 1. The van der Waals surface area contributed by atoms with Crippen LogP contribution >= 0.6 is 0 Å². The van der Waals surface area contributed by atoms with Gasteiger partial charge in [-0.2, -0.15) is 0 Å². The van der Waals surface area contributed by atoms with Crippen molar-refractivity contribution in [2.24, 2.45) is 0 Å². The van der Waals surface area contributed by atoms with E-state index in [2.05, 4.69) is 6.58 Å². The molecule has 0 aliphatic carbocycles. The van der Waals surface area contributed by atoms with Gasteiger partial charge in [0.25, 0.3) is 0 Å². The number of aliphatic carboxylic acids is 1. The first-order chi connectivity index (χ1) is 2.27. The van der Waals surface area contributed by atoms with E-state index >= 15 is 0 Å². The van der Waals surface area contributed by atoms with E-state index in [9.17, 15) is 4.79 Å². The fourth-order valence-corrected chi connectivity index (χ4v) is 0. The molecule has 0 aliphatic heterocycles.